The van der Waals surface area contributed by atoms with Crippen molar-refractivity contribution in [1.29, 1.82) is 0 Å². The summed E-state index contributed by atoms with van der Waals surface area (Å²) in [6, 6.07) is 15.0. The summed E-state index contributed by atoms with van der Waals surface area (Å²) in [5.74, 6) is 3.68. The van der Waals surface area contributed by atoms with Crippen molar-refractivity contribution in [3.8, 4) is 23.8 Å². The van der Waals surface area contributed by atoms with Crippen molar-refractivity contribution in [2.75, 3.05) is 11.9 Å². The van der Waals surface area contributed by atoms with Gasteiger partial charge in [0.15, 0.2) is 0 Å². The lowest BCUT2D eigenvalue weighted by Crippen LogP contribution is -2.24. The highest BCUT2D eigenvalue weighted by Gasteiger charge is 2.30. The fraction of sp³-hybridized carbons (Fsp3) is 0.143. The topological polar surface area (TPSA) is 56.1 Å². The van der Waals surface area contributed by atoms with E-state index < -0.39 is 0 Å². The molecular formula is C21H16ClN3O2. The second-order valence-electron chi connectivity index (χ2n) is 6.21. The molecule has 0 saturated heterocycles. The molecule has 27 heavy (non-hydrogen) atoms. The molecule has 0 saturated carbocycles. The summed E-state index contributed by atoms with van der Waals surface area (Å²) in [5.41, 5.74) is 2.78. The number of carbonyl (C=O) groups excluding carboxylic acids is 1. The van der Waals surface area contributed by atoms with Crippen LogP contribution in [-0.2, 0) is 4.79 Å². The molecular weight excluding hydrogens is 362 g/mol. The van der Waals surface area contributed by atoms with Crippen molar-refractivity contribution in [2.24, 2.45) is 0 Å². The molecule has 0 spiro atoms. The fourth-order valence-corrected chi connectivity index (χ4v) is 3.43. The summed E-state index contributed by atoms with van der Waals surface area (Å²) in [6.07, 6.45) is 7.37. The van der Waals surface area contributed by atoms with Crippen molar-refractivity contribution in [2.45, 2.75) is 12.3 Å². The molecule has 2 heterocycles. The molecule has 4 rings (SSSR count). The number of fused-ring (bicyclic) bond motifs is 1. The van der Waals surface area contributed by atoms with Gasteiger partial charge in [0.05, 0.1) is 11.9 Å². The molecule has 6 heteroatoms. The number of hydrogen-bond donors (Lipinski definition) is 1. The van der Waals surface area contributed by atoms with Gasteiger partial charge in [0.1, 0.15) is 18.2 Å². The summed E-state index contributed by atoms with van der Waals surface area (Å²) in [7, 11) is 0. The number of ether oxygens (including phenoxy) is 1. The van der Waals surface area contributed by atoms with Gasteiger partial charge in [0.2, 0.25) is 5.91 Å². The Labute approximate surface area is 161 Å². The summed E-state index contributed by atoms with van der Waals surface area (Å²) < 4.78 is 7.12. The van der Waals surface area contributed by atoms with E-state index in [1.807, 2.05) is 42.5 Å². The first-order chi connectivity index (χ1) is 13.2. The summed E-state index contributed by atoms with van der Waals surface area (Å²) in [6.45, 7) is 0.224. The van der Waals surface area contributed by atoms with Crippen LogP contribution in [0.3, 0.4) is 0 Å². The molecule has 134 valence electrons. The van der Waals surface area contributed by atoms with E-state index in [9.17, 15) is 4.79 Å². The standard InChI is InChI=1S/C21H16ClN3O2/c1-2-10-27-17-8-6-14(7-9-17)18-12-20(26)24-21-19(18)13-23-25(21)16-5-3-4-15(22)11-16/h1,3-9,11,13,18H,10,12H2,(H,24,26)/t18-/m1/s1. The minimum absolute atomic E-state index is 0.0519. The summed E-state index contributed by atoms with van der Waals surface area (Å²) >= 11 is 6.10. The molecule has 0 aliphatic carbocycles. The molecule has 5 nitrogen and oxygen atoms in total. The van der Waals surface area contributed by atoms with Crippen LogP contribution in [0.2, 0.25) is 5.02 Å². The minimum Gasteiger partial charge on any atom is -0.481 e. The Kier molecular flexibility index (Phi) is 4.57. The first kappa shape index (κ1) is 17.2. The fourth-order valence-electron chi connectivity index (χ4n) is 3.24. The number of carbonyl (C=O) groups is 1. The van der Waals surface area contributed by atoms with Crippen LogP contribution in [0.25, 0.3) is 5.69 Å². The largest absolute Gasteiger partial charge is 0.481 e. The number of benzene rings is 2. The molecule has 0 fully saturated rings. The van der Waals surface area contributed by atoms with Crippen LogP contribution in [0.5, 0.6) is 5.75 Å². The average molecular weight is 378 g/mol. The maximum absolute atomic E-state index is 12.3. The van der Waals surface area contributed by atoms with Crippen molar-refractivity contribution in [3.05, 3.63) is 70.9 Å². The molecule has 2 aromatic carbocycles. The maximum atomic E-state index is 12.3. The molecule has 1 aliphatic rings. The molecule has 0 unspecified atom stereocenters. The van der Waals surface area contributed by atoms with E-state index in [0.717, 1.165) is 16.8 Å². The molecule has 1 atom stereocenters. The molecule has 1 aromatic heterocycles. The Hall–Kier alpha value is -3.23. The number of terminal acetylenes is 1. The first-order valence-electron chi connectivity index (χ1n) is 8.45. The smallest absolute Gasteiger partial charge is 0.226 e. The van der Waals surface area contributed by atoms with Gasteiger partial charge in [-0.15, -0.1) is 6.42 Å². The Bertz CT molecular complexity index is 1030. The number of nitrogens with one attached hydrogen (secondary N) is 1. The number of rotatable bonds is 4. The van der Waals surface area contributed by atoms with Crippen LogP contribution in [0.15, 0.2) is 54.7 Å². The van der Waals surface area contributed by atoms with Gasteiger partial charge in [-0.1, -0.05) is 35.7 Å². The van der Waals surface area contributed by atoms with Gasteiger partial charge in [0.25, 0.3) is 0 Å². The zero-order chi connectivity index (χ0) is 18.8. The van der Waals surface area contributed by atoms with Crippen LogP contribution < -0.4 is 10.1 Å². The van der Waals surface area contributed by atoms with Crippen molar-refractivity contribution >= 4 is 23.3 Å². The Morgan fingerprint density at radius 2 is 2.11 bits per heavy atom. The highest BCUT2D eigenvalue weighted by Crippen LogP contribution is 2.38. The van der Waals surface area contributed by atoms with E-state index in [0.29, 0.717) is 23.0 Å². The van der Waals surface area contributed by atoms with Crippen molar-refractivity contribution in [3.63, 3.8) is 0 Å². The van der Waals surface area contributed by atoms with Gasteiger partial charge in [-0.25, -0.2) is 4.68 Å². The zero-order valence-corrected chi connectivity index (χ0v) is 15.1. The highest BCUT2D eigenvalue weighted by molar-refractivity contribution is 6.30. The highest BCUT2D eigenvalue weighted by atomic mass is 35.5. The van der Waals surface area contributed by atoms with E-state index in [1.54, 1.807) is 16.9 Å². The van der Waals surface area contributed by atoms with Crippen LogP contribution in [-0.4, -0.2) is 22.3 Å². The quantitative estimate of drug-likeness (QED) is 0.699. The normalized spacial score (nSPS) is 15.6. The second kappa shape index (κ2) is 7.18. The predicted molar refractivity (Wildman–Crippen MR) is 104 cm³/mol. The van der Waals surface area contributed by atoms with Gasteiger partial charge in [-0.2, -0.15) is 5.10 Å². The first-order valence-corrected chi connectivity index (χ1v) is 8.83. The third kappa shape index (κ3) is 3.40. The number of aromatic nitrogens is 2. The SMILES string of the molecule is C#CCOc1ccc([C@H]2CC(=O)Nc3c2cnn3-c2cccc(Cl)c2)cc1. The molecule has 3 aromatic rings. The predicted octanol–water partition coefficient (Wildman–Crippen LogP) is 4.01. The lowest BCUT2D eigenvalue weighted by molar-refractivity contribution is -0.116. The van der Waals surface area contributed by atoms with E-state index in [4.69, 9.17) is 22.8 Å². The Morgan fingerprint density at radius 3 is 2.85 bits per heavy atom. The molecule has 1 amide bonds. The molecule has 0 bridgehead atoms. The summed E-state index contributed by atoms with van der Waals surface area (Å²) in [5, 5.41) is 8.02. The number of halogens is 1. The number of anilines is 1. The van der Waals surface area contributed by atoms with E-state index >= 15 is 0 Å². The van der Waals surface area contributed by atoms with Crippen LogP contribution in [0.1, 0.15) is 23.5 Å². The van der Waals surface area contributed by atoms with Crippen LogP contribution >= 0.6 is 11.6 Å². The maximum Gasteiger partial charge on any atom is 0.226 e. The molecule has 1 aliphatic heterocycles. The number of nitrogens with zero attached hydrogens (tertiary/aromatic N) is 2. The van der Waals surface area contributed by atoms with Crippen LogP contribution in [0.4, 0.5) is 5.82 Å². The van der Waals surface area contributed by atoms with Gasteiger partial charge >= 0.3 is 0 Å². The number of hydrogen-bond acceptors (Lipinski definition) is 3. The zero-order valence-electron chi connectivity index (χ0n) is 14.4. The van der Waals surface area contributed by atoms with Gasteiger partial charge in [-0.3, -0.25) is 4.79 Å². The average Bonchev–Trinajstić information content (AvgIpc) is 3.10. The lowest BCUT2D eigenvalue weighted by atomic mass is 9.87. The van der Waals surface area contributed by atoms with Crippen molar-refractivity contribution < 1.29 is 9.53 Å². The van der Waals surface area contributed by atoms with E-state index in [-0.39, 0.29) is 18.4 Å². The van der Waals surface area contributed by atoms with Gasteiger partial charge < -0.3 is 10.1 Å². The third-order valence-electron chi connectivity index (χ3n) is 4.48. The van der Waals surface area contributed by atoms with E-state index in [2.05, 4.69) is 16.3 Å². The summed E-state index contributed by atoms with van der Waals surface area (Å²) in [4.78, 5) is 12.3. The lowest BCUT2D eigenvalue weighted by Gasteiger charge is -2.24. The monoisotopic (exact) mass is 377 g/mol. The van der Waals surface area contributed by atoms with Crippen LogP contribution in [0, 0.1) is 12.3 Å². The van der Waals surface area contributed by atoms with Gasteiger partial charge in [0, 0.05) is 22.9 Å². The molecule has 1 N–H and O–H groups in total. The third-order valence-corrected chi connectivity index (χ3v) is 4.71. The minimum atomic E-state index is -0.0802. The van der Waals surface area contributed by atoms with E-state index in [1.165, 1.54) is 0 Å². The second-order valence-corrected chi connectivity index (χ2v) is 6.64. The number of amides is 1. The van der Waals surface area contributed by atoms with Crippen molar-refractivity contribution in [1.82, 2.24) is 9.78 Å². The Balaban J connectivity index is 1.70. The Morgan fingerprint density at radius 1 is 1.30 bits per heavy atom. The van der Waals surface area contributed by atoms with Gasteiger partial charge in [-0.05, 0) is 35.9 Å². The molecule has 0 radical (unpaired) electrons.